The molecule has 2 N–H and O–H groups in total. The second-order valence-electron chi connectivity index (χ2n) is 4.85. The Balaban J connectivity index is 1.99. The van der Waals surface area contributed by atoms with E-state index in [0.29, 0.717) is 6.54 Å². The number of nitrogens with two attached hydrogens (primary N) is 1. The van der Waals surface area contributed by atoms with E-state index in [9.17, 15) is 13.2 Å². The Hall–Kier alpha value is -1.22. The molecule has 22 heavy (non-hydrogen) atoms. The van der Waals surface area contributed by atoms with Crippen molar-refractivity contribution in [2.75, 3.05) is 7.05 Å². The minimum atomic E-state index is -3.70. The molecular formula is C14H15BrN2O3S2. The van der Waals surface area contributed by atoms with E-state index in [0.717, 1.165) is 14.9 Å². The van der Waals surface area contributed by atoms with Crippen molar-refractivity contribution in [3.8, 4) is 0 Å². The molecule has 2 aromatic rings. The number of nitrogens with zero attached hydrogens (tertiary/aromatic N) is 1. The average molecular weight is 403 g/mol. The van der Waals surface area contributed by atoms with Crippen molar-refractivity contribution in [2.24, 2.45) is 5.14 Å². The number of hydrogen-bond acceptors (Lipinski definition) is 4. The van der Waals surface area contributed by atoms with Crippen molar-refractivity contribution in [2.45, 2.75) is 17.9 Å². The number of hydrogen-bond donors (Lipinski definition) is 1. The van der Waals surface area contributed by atoms with Gasteiger partial charge >= 0.3 is 0 Å². The van der Waals surface area contributed by atoms with Crippen LogP contribution in [0, 0.1) is 0 Å². The van der Waals surface area contributed by atoms with E-state index < -0.39 is 10.0 Å². The molecule has 0 radical (unpaired) electrons. The molecule has 0 atom stereocenters. The molecular weight excluding hydrogens is 388 g/mol. The molecule has 5 nitrogen and oxygen atoms in total. The molecule has 1 aromatic carbocycles. The molecule has 1 amide bonds. The van der Waals surface area contributed by atoms with Crippen LogP contribution in [0.5, 0.6) is 0 Å². The largest absolute Gasteiger partial charge is 0.340 e. The third-order valence-electron chi connectivity index (χ3n) is 3.05. The standard InChI is InChI=1S/C14H15BrN2O3S2/c1-17(8-12-7-11(15)9-21-12)14(18)6-10-2-4-13(5-3-10)22(16,19)20/h2-5,7,9H,6,8H2,1H3,(H2,16,19,20). The first-order valence-corrected chi connectivity index (χ1v) is 9.56. The Labute approximate surface area is 141 Å². The SMILES string of the molecule is CN(Cc1cc(Br)cs1)C(=O)Cc1ccc(S(N)(=O)=O)cc1. The number of likely N-dealkylation sites (N-methyl/N-ethyl adjacent to an activating group) is 1. The molecule has 8 heteroatoms. The number of halogens is 1. The molecule has 1 heterocycles. The molecule has 0 fully saturated rings. The zero-order chi connectivity index (χ0) is 16.3. The van der Waals surface area contributed by atoms with E-state index in [1.165, 1.54) is 12.1 Å². The lowest BCUT2D eigenvalue weighted by Gasteiger charge is -2.16. The monoisotopic (exact) mass is 402 g/mol. The van der Waals surface area contributed by atoms with Crippen molar-refractivity contribution in [1.82, 2.24) is 4.90 Å². The van der Waals surface area contributed by atoms with Gasteiger partial charge in [0.05, 0.1) is 17.9 Å². The van der Waals surface area contributed by atoms with Crippen LogP contribution in [-0.2, 0) is 27.8 Å². The zero-order valence-electron chi connectivity index (χ0n) is 11.8. The molecule has 0 bridgehead atoms. The highest BCUT2D eigenvalue weighted by molar-refractivity contribution is 9.10. The highest BCUT2D eigenvalue weighted by atomic mass is 79.9. The minimum Gasteiger partial charge on any atom is -0.340 e. The van der Waals surface area contributed by atoms with Crippen LogP contribution in [0.15, 0.2) is 45.1 Å². The smallest absolute Gasteiger partial charge is 0.238 e. The van der Waals surface area contributed by atoms with E-state index in [2.05, 4.69) is 15.9 Å². The maximum atomic E-state index is 12.2. The van der Waals surface area contributed by atoms with Crippen molar-refractivity contribution in [3.63, 3.8) is 0 Å². The van der Waals surface area contributed by atoms with Gasteiger partial charge in [-0.3, -0.25) is 4.79 Å². The van der Waals surface area contributed by atoms with Crippen LogP contribution in [0.2, 0.25) is 0 Å². The van der Waals surface area contributed by atoms with Crippen LogP contribution in [-0.4, -0.2) is 26.3 Å². The number of carbonyl (C=O) groups excluding carboxylic acids is 1. The van der Waals surface area contributed by atoms with Crippen molar-refractivity contribution < 1.29 is 13.2 Å². The van der Waals surface area contributed by atoms with E-state index in [1.54, 1.807) is 35.4 Å². The summed E-state index contributed by atoms with van der Waals surface area (Å²) >= 11 is 4.97. The topological polar surface area (TPSA) is 80.5 Å². The lowest BCUT2D eigenvalue weighted by Crippen LogP contribution is -2.27. The lowest BCUT2D eigenvalue weighted by atomic mass is 10.1. The van der Waals surface area contributed by atoms with Crippen molar-refractivity contribution in [1.29, 1.82) is 0 Å². The van der Waals surface area contributed by atoms with Gasteiger partial charge in [0.2, 0.25) is 15.9 Å². The van der Waals surface area contributed by atoms with Gasteiger partial charge in [-0.1, -0.05) is 12.1 Å². The predicted octanol–water partition coefficient (Wildman–Crippen LogP) is 2.36. The van der Waals surface area contributed by atoms with Gasteiger partial charge in [-0.2, -0.15) is 0 Å². The number of benzene rings is 1. The summed E-state index contributed by atoms with van der Waals surface area (Å²) in [6.07, 6.45) is 0.216. The van der Waals surface area contributed by atoms with Crippen LogP contribution in [0.4, 0.5) is 0 Å². The first kappa shape index (κ1) is 17.1. The molecule has 1 aromatic heterocycles. The van der Waals surface area contributed by atoms with E-state index >= 15 is 0 Å². The fraction of sp³-hybridized carbons (Fsp3) is 0.214. The summed E-state index contributed by atoms with van der Waals surface area (Å²) in [7, 11) is -1.96. The van der Waals surface area contributed by atoms with Gasteiger partial charge in [0.25, 0.3) is 0 Å². The Bertz CT molecular complexity index is 770. The Kier molecular flexibility index (Phi) is 5.38. The first-order valence-electron chi connectivity index (χ1n) is 6.34. The molecule has 0 aliphatic heterocycles. The average Bonchev–Trinajstić information content (AvgIpc) is 2.83. The number of sulfonamides is 1. The van der Waals surface area contributed by atoms with Gasteiger partial charge in [0, 0.05) is 21.8 Å². The van der Waals surface area contributed by atoms with E-state index in [-0.39, 0.29) is 17.2 Å². The molecule has 2 rings (SSSR count). The lowest BCUT2D eigenvalue weighted by molar-refractivity contribution is -0.129. The highest BCUT2D eigenvalue weighted by Crippen LogP contribution is 2.21. The maximum absolute atomic E-state index is 12.2. The summed E-state index contributed by atoms with van der Waals surface area (Å²) in [5.41, 5.74) is 0.747. The Morgan fingerprint density at radius 3 is 2.45 bits per heavy atom. The number of primary sulfonamides is 1. The summed E-state index contributed by atoms with van der Waals surface area (Å²) in [5, 5.41) is 7.01. The second kappa shape index (κ2) is 6.91. The molecule has 0 aliphatic carbocycles. The van der Waals surface area contributed by atoms with Gasteiger partial charge in [0.15, 0.2) is 0 Å². The van der Waals surface area contributed by atoms with Gasteiger partial charge in [0.1, 0.15) is 0 Å². The first-order chi connectivity index (χ1) is 10.3. The van der Waals surface area contributed by atoms with Gasteiger partial charge in [-0.05, 0) is 39.7 Å². The third-order valence-corrected chi connectivity index (χ3v) is 5.66. The summed E-state index contributed by atoms with van der Waals surface area (Å²) in [6.45, 7) is 0.546. The predicted molar refractivity (Wildman–Crippen MR) is 90.0 cm³/mol. The molecule has 0 saturated heterocycles. The van der Waals surface area contributed by atoms with Gasteiger partial charge in [-0.15, -0.1) is 11.3 Å². The molecule has 0 aliphatic rings. The zero-order valence-corrected chi connectivity index (χ0v) is 15.0. The molecule has 118 valence electrons. The Morgan fingerprint density at radius 2 is 1.95 bits per heavy atom. The molecule has 0 spiro atoms. The fourth-order valence-corrected chi connectivity index (χ4v) is 3.88. The third kappa shape index (κ3) is 4.64. The van der Waals surface area contributed by atoms with Crippen molar-refractivity contribution in [3.05, 3.63) is 50.6 Å². The van der Waals surface area contributed by atoms with Gasteiger partial charge in [-0.25, -0.2) is 13.6 Å². The Morgan fingerprint density at radius 1 is 1.32 bits per heavy atom. The minimum absolute atomic E-state index is 0.0344. The maximum Gasteiger partial charge on any atom is 0.238 e. The van der Waals surface area contributed by atoms with Crippen LogP contribution in [0.25, 0.3) is 0 Å². The second-order valence-corrected chi connectivity index (χ2v) is 8.32. The number of rotatable bonds is 5. The quantitative estimate of drug-likeness (QED) is 0.832. The number of carbonyl (C=O) groups is 1. The highest BCUT2D eigenvalue weighted by Gasteiger charge is 2.12. The van der Waals surface area contributed by atoms with E-state index in [1.807, 2.05) is 11.4 Å². The van der Waals surface area contributed by atoms with Crippen LogP contribution in [0.3, 0.4) is 0 Å². The van der Waals surface area contributed by atoms with Crippen molar-refractivity contribution >= 4 is 43.2 Å². The fourth-order valence-electron chi connectivity index (χ4n) is 1.87. The van der Waals surface area contributed by atoms with Crippen LogP contribution >= 0.6 is 27.3 Å². The number of thiophene rings is 1. The normalized spacial score (nSPS) is 11.4. The molecule has 0 unspecified atom stereocenters. The summed E-state index contributed by atoms with van der Waals surface area (Å²) < 4.78 is 23.4. The number of amides is 1. The van der Waals surface area contributed by atoms with Crippen LogP contribution < -0.4 is 5.14 Å². The summed E-state index contributed by atoms with van der Waals surface area (Å²) in [5.74, 6) is -0.0344. The molecule has 0 saturated carbocycles. The van der Waals surface area contributed by atoms with Gasteiger partial charge < -0.3 is 4.90 Å². The van der Waals surface area contributed by atoms with E-state index in [4.69, 9.17) is 5.14 Å². The summed E-state index contributed by atoms with van der Waals surface area (Å²) in [6, 6.07) is 8.01. The van der Waals surface area contributed by atoms with Crippen LogP contribution in [0.1, 0.15) is 10.4 Å². The summed E-state index contributed by atoms with van der Waals surface area (Å²) in [4.78, 5) is 15.0.